The van der Waals surface area contributed by atoms with Gasteiger partial charge in [-0.1, -0.05) is 13.3 Å². The number of piperidine rings is 1. The van der Waals surface area contributed by atoms with Crippen LogP contribution in [-0.4, -0.2) is 42.1 Å². The fourth-order valence-electron chi connectivity index (χ4n) is 2.51. The quantitative estimate of drug-likeness (QED) is 0.819. The van der Waals surface area contributed by atoms with Gasteiger partial charge in [-0.05, 0) is 26.2 Å². The Hall–Kier alpha value is -1.13. The second-order valence-corrected chi connectivity index (χ2v) is 7.30. The Bertz CT molecular complexity index is 472. The second-order valence-electron chi connectivity index (χ2n) is 5.05. The average molecular weight is 288 g/mol. The SMILES string of the molecule is CCCC1(C(=O)O)CCN(S(=O)(=O)C(C)C#N)CC1. The highest BCUT2D eigenvalue weighted by Gasteiger charge is 2.43. The number of sulfonamides is 1. The monoisotopic (exact) mass is 288 g/mol. The van der Waals surface area contributed by atoms with Crippen molar-refractivity contribution in [3.05, 3.63) is 0 Å². The summed E-state index contributed by atoms with van der Waals surface area (Å²) in [6.07, 6.45) is 1.94. The molecule has 1 fully saturated rings. The number of hydrogen-bond acceptors (Lipinski definition) is 4. The third kappa shape index (κ3) is 3.07. The number of carboxylic acid groups (broad SMARTS) is 1. The molecule has 108 valence electrons. The molecule has 0 radical (unpaired) electrons. The molecule has 19 heavy (non-hydrogen) atoms. The van der Waals surface area contributed by atoms with Gasteiger partial charge in [-0.3, -0.25) is 4.79 Å². The van der Waals surface area contributed by atoms with Gasteiger partial charge < -0.3 is 5.11 Å². The molecule has 0 bridgehead atoms. The molecule has 1 atom stereocenters. The van der Waals surface area contributed by atoms with Crippen molar-refractivity contribution in [2.45, 2.75) is 44.8 Å². The lowest BCUT2D eigenvalue weighted by atomic mass is 9.75. The summed E-state index contributed by atoms with van der Waals surface area (Å²) in [5.74, 6) is -0.847. The standard InChI is InChI=1S/C12H20N2O4S/c1-3-4-12(11(15)16)5-7-14(8-6-12)19(17,18)10(2)9-13/h10H,3-8H2,1-2H3,(H,15,16). The van der Waals surface area contributed by atoms with Crippen molar-refractivity contribution >= 4 is 16.0 Å². The lowest BCUT2D eigenvalue weighted by Crippen LogP contribution is -2.48. The van der Waals surface area contributed by atoms with Crippen LogP contribution in [0, 0.1) is 16.7 Å². The van der Waals surface area contributed by atoms with E-state index in [4.69, 9.17) is 5.26 Å². The maximum atomic E-state index is 12.0. The molecule has 1 unspecified atom stereocenters. The number of carboxylic acids is 1. The molecular formula is C12H20N2O4S. The molecule has 0 aromatic heterocycles. The van der Waals surface area contributed by atoms with Crippen molar-refractivity contribution in [1.29, 1.82) is 5.26 Å². The maximum absolute atomic E-state index is 12.0. The normalized spacial score (nSPS) is 21.5. The van der Waals surface area contributed by atoms with Crippen LogP contribution in [0.15, 0.2) is 0 Å². The van der Waals surface area contributed by atoms with E-state index in [1.807, 2.05) is 6.92 Å². The highest BCUT2D eigenvalue weighted by Crippen LogP contribution is 2.37. The molecule has 1 rings (SSSR count). The van der Waals surface area contributed by atoms with Crippen molar-refractivity contribution in [1.82, 2.24) is 4.31 Å². The van der Waals surface area contributed by atoms with E-state index in [0.29, 0.717) is 19.3 Å². The van der Waals surface area contributed by atoms with Crippen LogP contribution in [0.1, 0.15) is 39.5 Å². The minimum absolute atomic E-state index is 0.181. The predicted octanol–water partition coefficient (Wildman–Crippen LogP) is 1.20. The van der Waals surface area contributed by atoms with Crippen LogP contribution < -0.4 is 0 Å². The van der Waals surface area contributed by atoms with Crippen molar-refractivity contribution < 1.29 is 18.3 Å². The molecule has 1 aliphatic rings. The largest absolute Gasteiger partial charge is 0.481 e. The first-order valence-electron chi connectivity index (χ1n) is 6.42. The highest BCUT2D eigenvalue weighted by atomic mass is 32.2. The second kappa shape index (κ2) is 5.88. The molecule has 0 aromatic carbocycles. The number of carbonyl (C=O) groups is 1. The number of aliphatic carboxylic acids is 1. The van der Waals surface area contributed by atoms with Gasteiger partial charge in [-0.2, -0.15) is 5.26 Å². The Kier molecular flexibility index (Phi) is 4.93. The van der Waals surface area contributed by atoms with Gasteiger partial charge in [0.25, 0.3) is 0 Å². The maximum Gasteiger partial charge on any atom is 0.309 e. The lowest BCUT2D eigenvalue weighted by Gasteiger charge is -2.38. The van der Waals surface area contributed by atoms with Crippen LogP contribution >= 0.6 is 0 Å². The smallest absolute Gasteiger partial charge is 0.309 e. The van der Waals surface area contributed by atoms with Crippen LogP contribution in [0.3, 0.4) is 0 Å². The Morgan fingerprint density at radius 3 is 2.37 bits per heavy atom. The van der Waals surface area contributed by atoms with Crippen LogP contribution in [-0.2, 0) is 14.8 Å². The van der Waals surface area contributed by atoms with E-state index in [1.54, 1.807) is 6.07 Å². The Morgan fingerprint density at radius 2 is 2.00 bits per heavy atom. The van der Waals surface area contributed by atoms with Gasteiger partial charge in [0.2, 0.25) is 10.0 Å². The third-order valence-corrected chi connectivity index (χ3v) is 5.93. The van der Waals surface area contributed by atoms with Gasteiger partial charge in [-0.25, -0.2) is 12.7 Å². The Balaban J connectivity index is 2.83. The minimum atomic E-state index is -3.62. The molecule has 1 saturated heterocycles. The van der Waals surface area contributed by atoms with E-state index >= 15 is 0 Å². The van der Waals surface area contributed by atoms with Crippen molar-refractivity contribution in [3.8, 4) is 6.07 Å². The molecule has 0 amide bonds. The molecule has 0 aliphatic carbocycles. The first-order chi connectivity index (χ1) is 8.80. The van der Waals surface area contributed by atoms with E-state index in [1.165, 1.54) is 11.2 Å². The third-order valence-electron chi connectivity index (χ3n) is 3.85. The Morgan fingerprint density at radius 1 is 1.47 bits per heavy atom. The summed E-state index contributed by atoms with van der Waals surface area (Å²) in [4.78, 5) is 11.4. The molecule has 1 aliphatic heterocycles. The van der Waals surface area contributed by atoms with E-state index in [2.05, 4.69) is 0 Å². The van der Waals surface area contributed by atoms with Crippen LogP contribution in [0.25, 0.3) is 0 Å². The zero-order valence-electron chi connectivity index (χ0n) is 11.3. The summed E-state index contributed by atoms with van der Waals surface area (Å²) in [5.41, 5.74) is -0.809. The predicted molar refractivity (Wildman–Crippen MR) is 69.8 cm³/mol. The summed E-state index contributed by atoms with van der Waals surface area (Å²) in [6.45, 7) is 3.63. The zero-order chi connectivity index (χ0) is 14.7. The first-order valence-corrected chi connectivity index (χ1v) is 7.92. The number of hydrogen-bond donors (Lipinski definition) is 1. The lowest BCUT2D eigenvalue weighted by molar-refractivity contribution is -0.152. The molecule has 6 nitrogen and oxygen atoms in total. The van der Waals surface area contributed by atoms with E-state index in [0.717, 1.165) is 6.42 Å². The molecule has 1 N–H and O–H groups in total. The summed E-state index contributed by atoms with van der Waals surface area (Å²) >= 11 is 0. The van der Waals surface area contributed by atoms with Crippen molar-refractivity contribution in [2.75, 3.05) is 13.1 Å². The van der Waals surface area contributed by atoms with E-state index in [-0.39, 0.29) is 13.1 Å². The first kappa shape index (κ1) is 15.9. The summed E-state index contributed by atoms with van der Waals surface area (Å²) < 4.78 is 25.3. The fraction of sp³-hybridized carbons (Fsp3) is 0.833. The van der Waals surface area contributed by atoms with Gasteiger partial charge in [0.1, 0.15) is 0 Å². The number of nitrogens with zero attached hydrogens (tertiary/aromatic N) is 2. The average Bonchev–Trinajstić information content (AvgIpc) is 2.38. The fourth-order valence-corrected chi connectivity index (χ4v) is 3.78. The highest BCUT2D eigenvalue weighted by molar-refractivity contribution is 7.89. The van der Waals surface area contributed by atoms with Crippen molar-refractivity contribution in [2.24, 2.45) is 5.41 Å². The van der Waals surface area contributed by atoms with E-state index < -0.39 is 26.7 Å². The molecule has 0 aromatic rings. The minimum Gasteiger partial charge on any atom is -0.481 e. The summed E-state index contributed by atoms with van der Waals surface area (Å²) in [5, 5.41) is 17.0. The van der Waals surface area contributed by atoms with Gasteiger partial charge >= 0.3 is 5.97 Å². The molecule has 0 saturated carbocycles. The molecular weight excluding hydrogens is 268 g/mol. The van der Waals surface area contributed by atoms with Gasteiger partial charge in [0, 0.05) is 13.1 Å². The summed E-state index contributed by atoms with van der Waals surface area (Å²) in [6, 6.07) is 1.73. The Labute approximate surface area is 114 Å². The van der Waals surface area contributed by atoms with Crippen molar-refractivity contribution in [3.63, 3.8) is 0 Å². The topological polar surface area (TPSA) is 98.5 Å². The van der Waals surface area contributed by atoms with Gasteiger partial charge in [0.15, 0.2) is 5.25 Å². The van der Waals surface area contributed by atoms with Gasteiger partial charge in [0.05, 0.1) is 11.5 Å². The van der Waals surface area contributed by atoms with Gasteiger partial charge in [-0.15, -0.1) is 0 Å². The number of rotatable bonds is 5. The molecule has 0 spiro atoms. The van der Waals surface area contributed by atoms with E-state index in [9.17, 15) is 18.3 Å². The number of nitriles is 1. The molecule has 7 heteroatoms. The molecule has 1 heterocycles. The van der Waals surface area contributed by atoms with Crippen LogP contribution in [0.4, 0.5) is 0 Å². The zero-order valence-corrected chi connectivity index (χ0v) is 12.1. The van der Waals surface area contributed by atoms with Crippen LogP contribution in [0.5, 0.6) is 0 Å². The van der Waals surface area contributed by atoms with Crippen LogP contribution in [0.2, 0.25) is 0 Å². The summed E-state index contributed by atoms with van der Waals surface area (Å²) in [7, 11) is -3.62.